The van der Waals surface area contributed by atoms with E-state index in [-0.39, 0.29) is 21.1 Å². The third kappa shape index (κ3) is 1.69. The van der Waals surface area contributed by atoms with Crippen LogP contribution < -0.4 is 0 Å². The molecule has 0 N–H and O–H groups in total. The van der Waals surface area contributed by atoms with Crippen molar-refractivity contribution in [1.29, 1.82) is 0 Å². The van der Waals surface area contributed by atoms with Gasteiger partial charge in [-0.3, -0.25) is 0 Å². The van der Waals surface area contributed by atoms with Crippen molar-refractivity contribution in [2.45, 2.75) is 0 Å². The van der Waals surface area contributed by atoms with Crippen LogP contribution in [0, 0.1) is 6.07 Å². The van der Waals surface area contributed by atoms with Gasteiger partial charge in [0.05, 0.1) is 0 Å². The molecule has 2 aromatic carbocycles. The summed E-state index contributed by atoms with van der Waals surface area (Å²) in [5, 5.41) is 2.44. The van der Waals surface area contributed by atoms with Gasteiger partial charge in [0, 0.05) is 21.1 Å². The topological polar surface area (TPSA) is 0 Å². The van der Waals surface area contributed by atoms with E-state index in [9.17, 15) is 0 Å². The third-order valence-corrected chi connectivity index (χ3v) is 1.57. The molecule has 0 radical (unpaired) electrons. The maximum absolute atomic E-state index is 3.15. The Bertz CT molecular complexity index is 276. The smallest absolute Gasteiger partial charge is 0 e. The predicted octanol–water partition coefficient (Wildman–Crippen LogP) is 2.64. The fourth-order valence-electron chi connectivity index (χ4n) is 1.06. The van der Waals surface area contributed by atoms with Crippen molar-refractivity contribution in [1.82, 2.24) is 0 Å². The second-order valence-corrected chi connectivity index (χ2v) is 2.26. The fraction of sp³-hybridized carbons (Fsp3) is 0. The molecule has 0 atom stereocenters. The summed E-state index contributed by atoms with van der Waals surface area (Å²) in [6, 6.07) is 17.4. The zero-order chi connectivity index (χ0) is 6.81. The van der Waals surface area contributed by atoms with E-state index in [2.05, 4.69) is 24.3 Å². The zero-order valence-corrected chi connectivity index (χ0v) is 8.13. The van der Waals surface area contributed by atoms with E-state index in [4.69, 9.17) is 0 Å². The molecule has 11 heavy (non-hydrogen) atoms. The molecule has 2 rings (SSSR count). The Morgan fingerprint density at radius 1 is 0.909 bits per heavy atom. The van der Waals surface area contributed by atoms with Crippen LogP contribution in [0.25, 0.3) is 10.8 Å². The molecule has 0 aromatic heterocycles. The minimum atomic E-state index is 0. The molecule has 0 saturated heterocycles. The van der Waals surface area contributed by atoms with Gasteiger partial charge in [0.1, 0.15) is 0 Å². The Kier molecular flexibility index (Phi) is 2.84. The molecule has 0 spiro atoms. The largest absolute Gasteiger partial charge is 0.147 e. The number of hydrogen-bond donors (Lipinski definition) is 0. The van der Waals surface area contributed by atoms with Crippen LogP contribution in [0.1, 0.15) is 0 Å². The Morgan fingerprint density at radius 2 is 1.64 bits per heavy atom. The van der Waals surface area contributed by atoms with Crippen LogP contribution in [0.2, 0.25) is 0 Å². The van der Waals surface area contributed by atoms with Gasteiger partial charge in [-0.25, -0.2) is 0 Å². The Morgan fingerprint density at radius 3 is 2.45 bits per heavy atom. The van der Waals surface area contributed by atoms with Crippen molar-refractivity contribution in [2.75, 3.05) is 0 Å². The van der Waals surface area contributed by atoms with Crippen molar-refractivity contribution in [3.05, 3.63) is 48.5 Å². The molecular weight excluding hydrogens is 315 g/mol. The zero-order valence-electron chi connectivity index (χ0n) is 5.86. The van der Waals surface area contributed by atoms with Crippen LogP contribution in [-0.4, -0.2) is 0 Å². The van der Waals surface area contributed by atoms with Crippen molar-refractivity contribution >= 4 is 10.8 Å². The Hall–Kier alpha value is -0.612. The number of hydrogen-bond acceptors (Lipinski definition) is 0. The van der Waals surface area contributed by atoms with Gasteiger partial charge in [-0.15, -0.1) is 47.2 Å². The first kappa shape index (κ1) is 8.48. The SMILES string of the molecule is [Pt].[c-]1cccc2ccccc12. The van der Waals surface area contributed by atoms with Crippen LogP contribution in [0.4, 0.5) is 0 Å². The first-order valence-corrected chi connectivity index (χ1v) is 3.32. The first-order valence-electron chi connectivity index (χ1n) is 3.32. The third-order valence-electron chi connectivity index (χ3n) is 1.57. The molecule has 0 aliphatic rings. The van der Waals surface area contributed by atoms with E-state index in [1.807, 2.05) is 24.3 Å². The maximum atomic E-state index is 3.15. The van der Waals surface area contributed by atoms with Crippen LogP contribution in [-0.2, 0) is 21.1 Å². The van der Waals surface area contributed by atoms with Crippen molar-refractivity contribution in [3.8, 4) is 0 Å². The summed E-state index contributed by atoms with van der Waals surface area (Å²) in [6.07, 6.45) is 0. The second-order valence-electron chi connectivity index (χ2n) is 2.26. The van der Waals surface area contributed by atoms with E-state index in [1.165, 1.54) is 10.8 Å². The van der Waals surface area contributed by atoms with E-state index < -0.39 is 0 Å². The predicted molar refractivity (Wildman–Crippen MR) is 42.8 cm³/mol. The monoisotopic (exact) mass is 322 g/mol. The van der Waals surface area contributed by atoms with Gasteiger partial charge in [-0.2, -0.15) is 0 Å². The first-order chi connectivity index (χ1) is 4.97. The van der Waals surface area contributed by atoms with Gasteiger partial charge < -0.3 is 0 Å². The van der Waals surface area contributed by atoms with E-state index >= 15 is 0 Å². The Labute approximate surface area is 80.5 Å². The van der Waals surface area contributed by atoms with Crippen LogP contribution >= 0.6 is 0 Å². The van der Waals surface area contributed by atoms with Gasteiger partial charge in [-0.05, 0) is 0 Å². The van der Waals surface area contributed by atoms with Crippen molar-refractivity contribution in [3.63, 3.8) is 0 Å². The molecule has 58 valence electrons. The maximum Gasteiger partial charge on any atom is 0 e. The minimum absolute atomic E-state index is 0. The van der Waals surface area contributed by atoms with Gasteiger partial charge >= 0.3 is 0 Å². The van der Waals surface area contributed by atoms with Crippen LogP contribution in [0.5, 0.6) is 0 Å². The normalized spacial score (nSPS) is 9.09. The summed E-state index contributed by atoms with van der Waals surface area (Å²) in [4.78, 5) is 0. The van der Waals surface area contributed by atoms with Crippen molar-refractivity contribution < 1.29 is 21.1 Å². The molecular formula is C10H7Pt-. The Balaban J connectivity index is 0.000000605. The fourth-order valence-corrected chi connectivity index (χ4v) is 1.06. The summed E-state index contributed by atoms with van der Waals surface area (Å²) in [5.41, 5.74) is 0. The molecule has 0 unspecified atom stereocenters. The summed E-state index contributed by atoms with van der Waals surface area (Å²) in [7, 11) is 0. The molecule has 0 aliphatic heterocycles. The molecule has 1 heteroatoms. The molecule has 0 fully saturated rings. The summed E-state index contributed by atoms with van der Waals surface area (Å²) < 4.78 is 0. The molecule has 0 heterocycles. The molecule has 0 bridgehead atoms. The number of benzene rings is 2. The van der Waals surface area contributed by atoms with E-state index in [1.54, 1.807) is 0 Å². The molecule has 0 amide bonds. The minimum Gasteiger partial charge on any atom is -0.147 e. The van der Waals surface area contributed by atoms with Gasteiger partial charge in [-0.1, -0.05) is 12.1 Å². The number of rotatable bonds is 0. The summed E-state index contributed by atoms with van der Waals surface area (Å²) in [5.74, 6) is 0. The summed E-state index contributed by atoms with van der Waals surface area (Å²) in [6.45, 7) is 0. The van der Waals surface area contributed by atoms with Gasteiger partial charge in [0.2, 0.25) is 0 Å². The van der Waals surface area contributed by atoms with Crippen molar-refractivity contribution in [2.24, 2.45) is 0 Å². The quantitative estimate of drug-likeness (QED) is 0.654. The summed E-state index contributed by atoms with van der Waals surface area (Å²) >= 11 is 0. The molecule has 0 nitrogen and oxygen atoms in total. The van der Waals surface area contributed by atoms with Gasteiger partial charge in [0.15, 0.2) is 0 Å². The van der Waals surface area contributed by atoms with E-state index in [0.717, 1.165) is 0 Å². The van der Waals surface area contributed by atoms with Crippen LogP contribution in [0.3, 0.4) is 0 Å². The number of fused-ring (bicyclic) bond motifs is 1. The average molecular weight is 322 g/mol. The average Bonchev–Trinajstić information content (AvgIpc) is 2.05. The van der Waals surface area contributed by atoms with Crippen LogP contribution in [0.15, 0.2) is 42.5 Å². The second kappa shape index (κ2) is 3.69. The molecule has 2 aromatic rings. The molecule has 0 aliphatic carbocycles. The standard InChI is InChI=1S/C10H7.Pt/c1-2-6-10-8-4-3-7-9(10)5-1;/h1-7H;/q-1;. The van der Waals surface area contributed by atoms with Gasteiger partial charge in [0.25, 0.3) is 0 Å². The molecule has 0 saturated carbocycles. The van der Waals surface area contributed by atoms with E-state index in [0.29, 0.717) is 0 Å².